The van der Waals surface area contributed by atoms with Crippen LogP contribution >= 0.6 is 22.9 Å². The fourth-order valence-electron chi connectivity index (χ4n) is 3.47. The molecule has 1 aromatic heterocycles. The van der Waals surface area contributed by atoms with Gasteiger partial charge in [0.2, 0.25) is 0 Å². The molecule has 1 N–H and O–H groups in total. The van der Waals surface area contributed by atoms with Crippen molar-refractivity contribution in [2.45, 2.75) is 13.0 Å². The molecule has 0 spiro atoms. The molecule has 0 bridgehead atoms. The summed E-state index contributed by atoms with van der Waals surface area (Å²) in [5.41, 5.74) is 1.79. The second-order valence-corrected chi connectivity index (χ2v) is 8.24. The summed E-state index contributed by atoms with van der Waals surface area (Å²) in [5, 5.41) is 13.4. The Balaban J connectivity index is 1.92. The second kappa shape index (κ2) is 7.97. The topological polar surface area (TPSA) is 66.8 Å². The van der Waals surface area contributed by atoms with Gasteiger partial charge in [0.1, 0.15) is 17.6 Å². The van der Waals surface area contributed by atoms with Crippen molar-refractivity contribution >= 4 is 46.1 Å². The van der Waals surface area contributed by atoms with Gasteiger partial charge in [0, 0.05) is 21.2 Å². The number of aliphatic hydroxyl groups excluding tert-OH is 1. The van der Waals surface area contributed by atoms with E-state index in [1.807, 2.05) is 24.4 Å². The Morgan fingerprint density at radius 2 is 1.93 bits per heavy atom. The summed E-state index contributed by atoms with van der Waals surface area (Å²) in [4.78, 5) is 28.2. The van der Waals surface area contributed by atoms with E-state index in [-0.39, 0.29) is 11.3 Å². The molecule has 1 atom stereocenters. The Morgan fingerprint density at radius 3 is 2.60 bits per heavy atom. The van der Waals surface area contributed by atoms with Crippen molar-refractivity contribution in [1.82, 2.24) is 0 Å². The zero-order chi connectivity index (χ0) is 21.4. The summed E-state index contributed by atoms with van der Waals surface area (Å²) in [5.74, 6) is -1.17. The third-order valence-corrected chi connectivity index (χ3v) is 6.37. The molecular weight excluding hydrogens is 422 g/mol. The van der Waals surface area contributed by atoms with Crippen molar-refractivity contribution < 1.29 is 19.4 Å². The van der Waals surface area contributed by atoms with Crippen molar-refractivity contribution in [3.8, 4) is 5.75 Å². The maximum absolute atomic E-state index is 13.0. The predicted octanol–water partition coefficient (Wildman–Crippen LogP) is 5.34. The van der Waals surface area contributed by atoms with E-state index in [1.54, 1.807) is 42.5 Å². The van der Waals surface area contributed by atoms with E-state index in [4.69, 9.17) is 16.3 Å². The summed E-state index contributed by atoms with van der Waals surface area (Å²) in [7, 11) is 1.52. The number of carbonyl (C=O) groups excluding carboxylic acids is 2. The first-order valence-electron chi connectivity index (χ1n) is 9.17. The van der Waals surface area contributed by atoms with Gasteiger partial charge >= 0.3 is 0 Å². The van der Waals surface area contributed by atoms with Gasteiger partial charge < -0.3 is 9.84 Å². The molecule has 1 saturated heterocycles. The average Bonchev–Trinajstić information content (AvgIpc) is 3.37. The SMILES string of the molecule is COc1cccc(/C(O)=C2/C(=O)C(=O)N(c3ccc(C)c(Cl)c3)C2c2cccs2)c1. The number of aliphatic hydroxyl groups is 1. The summed E-state index contributed by atoms with van der Waals surface area (Å²) in [6.07, 6.45) is 0. The number of Topliss-reactive ketones (excluding diaryl/α,β-unsaturated/α-hetero) is 1. The van der Waals surface area contributed by atoms with Crippen molar-refractivity contribution in [2.75, 3.05) is 12.0 Å². The van der Waals surface area contributed by atoms with E-state index in [0.29, 0.717) is 22.0 Å². The molecular formula is C23H18ClNO4S. The van der Waals surface area contributed by atoms with Gasteiger partial charge in [-0.3, -0.25) is 14.5 Å². The number of ketones is 1. The minimum absolute atomic E-state index is 0.0346. The zero-order valence-corrected chi connectivity index (χ0v) is 17.8. The number of methoxy groups -OCH3 is 1. The van der Waals surface area contributed by atoms with E-state index in [2.05, 4.69) is 0 Å². The van der Waals surface area contributed by atoms with Gasteiger partial charge in [-0.2, -0.15) is 0 Å². The summed E-state index contributed by atoms with van der Waals surface area (Å²) in [6, 6.07) is 14.9. The lowest BCUT2D eigenvalue weighted by Gasteiger charge is -2.24. The first kappa shape index (κ1) is 20.2. The Morgan fingerprint density at radius 1 is 1.13 bits per heavy atom. The van der Waals surface area contributed by atoms with Crippen LogP contribution in [0.5, 0.6) is 5.75 Å². The molecule has 1 amide bonds. The second-order valence-electron chi connectivity index (χ2n) is 6.85. The molecule has 0 saturated carbocycles. The number of ether oxygens (including phenoxy) is 1. The number of benzene rings is 2. The van der Waals surface area contributed by atoms with Crippen LogP contribution < -0.4 is 9.64 Å². The van der Waals surface area contributed by atoms with E-state index in [0.717, 1.165) is 10.4 Å². The van der Waals surface area contributed by atoms with Crippen LogP contribution in [0, 0.1) is 6.92 Å². The Labute approximate surface area is 182 Å². The first-order valence-corrected chi connectivity index (χ1v) is 10.4. The van der Waals surface area contributed by atoms with Gasteiger partial charge in [0.25, 0.3) is 11.7 Å². The highest BCUT2D eigenvalue weighted by Crippen LogP contribution is 2.44. The van der Waals surface area contributed by atoms with Crippen molar-refractivity contribution in [1.29, 1.82) is 0 Å². The molecule has 0 radical (unpaired) electrons. The highest BCUT2D eigenvalue weighted by molar-refractivity contribution is 7.10. The molecule has 4 rings (SSSR count). The minimum Gasteiger partial charge on any atom is -0.507 e. The Kier molecular flexibility index (Phi) is 5.37. The number of hydrogen-bond donors (Lipinski definition) is 1. The first-order chi connectivity index (χ1) is 14.4. The predicted molar refractivity (Wildman–Crippen MR) is 118 cm³/mol. The number of amides is 1. The van der Waals surface area contributed by atoms with E-state index in [9.17, 15) is 14.7 Å². The molecule has 2 heterocycles. The van der Waals surface area contributed by atoms with Crippen LogP contribution in [0.1, 0.15) is 22.0 Å². The highest BCUT2D eigenvalue weighted by Gasteiger charge is 2.47. The van der Waals surface area contributed by atoms with Gasteiger partial charge in [0.15, 0.2) is 0 Å². The standard InChI is InChI=1S/C23H18ClNO4S/c1-13-8-9-15(12-17(13)24)25-20(18-7-4-10-30-18)19(22(27)23(25)28)21(26)14-5-3-6-16(11-14)29-2/h3-12,20,26H,1-2H3/b21-19-. The minimum atomic E-state index is -0.755. The summed E-state index contributed by atoms with van der Waals surface area (Å²) >= 11 is 7.69. The Hall–Kier alpha value is -3.09. The summed E-state index contributed by atoms with van der Waals surface area (Å²) < 4.78 is 5.22. The third kappa shape index (κ3) is 3.38. The highest BCUT2D eigenvalue weighted by atomic mass is 35.5. The van der Waals surface area contributed by atoms with Crippen LogP contribution in [-0.2, 0) is 9.59 Å². The maximum Gasteiger partial charge on any atom is 0.300 e. The van der Waals surface area contributed by atoms with Gasteiger partial charge in [-0.05, 0) is 48.2 Å². The van der Waals surface area contributed by atoms with E-state index < -0.39 is 17.7 Å². The Bertz CT molecular complexity index is 1170. The van der Waals surface area contributed by atoms with Crippen LogP contribution in [0.3, 0.4) is 0 Å². The van der Waals surface area contributed by atoms with Crippen molar-refractivity contribution in [3.05, 3.63) is 86.6 Å². The van der Waals surface area contributed by atoms with E-state index >= 15 is 0 Å². The summed E-state index contributed by atoms with van der Waals surface area (Å²) in [6.45, 7) is 1.86. The molecule has 1 fully saturated rings. The molecule has 7 heteroatoms. The van der Waals surface area contributed by atoms with Gasteiger partial charge in [-0.1, -0.05) is 35.9 Å². The maximum atomic E-state index is 13.0. The van der Waals surface area contributed by atoms with Gasteiger partial charge in [-0.25, -0.2) is 0 Å². The lowest BCUT2D eigenvalue weighted by molar-refractivity contribution is -0.132. The number of hydrogen-bond acceptors (Lipinski definition) is 5. The van der Waals surface area contributed by atoms with Gasteiger partial charge in [-0.15, -0.1) is 11.3 Å². The molecule has 1 aliphatic heterocycles. The molecule has 30 heavy (non-hydrogen) atoms. The molecule has 1 unspecified atom stereocenters. The fourth-order valence-corrected chi connectivity index (χ4v) is 4.47. The van der Waals surface area contributed by atoms with Crippen molar-refractivity contribution in [3.63, 3.8) is 0 Å². The molecule has 2 aromatic carbocycles. The molecule has 3 aromatic rings. The monoisotopic (exact) mass is 439 g/mol. The quantitative estimate of drug-likeness (QED) is 0.338. The molecule has 1 aliphatic rings. The number of nitrogens with zero attached hydrogens (tertiary/aromatic N) is 1. The number of rotatable bonds is 4. The van der Waals surface area contributed by atoms with Crippen LogP contribution in [0.15, 0.2) is 65.6 Å². The molecule has 0 aliphatic carbocycles. The molecule has 5 nitrogen and oxygen atoms in total. The number of thiophene rings is 1. The van der Waals surface area contributed by atoms with Crippen molar-refractivity contribution in [2.24, 2.45) is 0 Å². The van der Waals surface area contributed by atoms with Crippen LogP contribution in [0.2, 0.25) is 5.02 Å². The average molecular weight is 440 g/mol. The van der Waals surface area contributed by atoms with Crippen LogP contribution in [-0.4, -0.2) is 23.9 Å². The lowest BCUT2D eigenvalue weighted by atomic mass is 9.99. The number of carbonyl (C=O) groups is 2. The van der Waals surface area contributed by atoms with E-state index in [1.165, 1.54) is 23.3 Å². The van der Waals surface area contributed by atoms with Crippen LogP contribution in [0.25, 0.3) is 5.76 Å². The number of anilines is 1. The number of halogens is 1. The normalized spacial score (nSPS) is 18.1. The van der Waals surface area contributed by atoms with Crippen LogP contribution in [0.4, 0.5) is 5.69 Å². The number of aryl methyl sites for hydroxylation is 1. The largest absolute Gasteiger partial charge is 0.507 e. The lowest BCUT2D eigenvalue weighted by Crippen LogP contribution is -2.29. The smallest absolute Gasteiger partial charge is 0.300 e. The molecule has 152 valence electrons. The van der Waals surface area contributed by atoms with Gasteiger partial charge in [0.05, 0.1) is 12.7 Å². The third-order valence-electron chi connectivity index (χ3n) is 5.03. The fraction of sp³-hybridized carbons (Fsp3) is 0.130. The zero-order valence-electron chi connectivity index (χ0n) is 16.3.